The summed E-state index contributed by atoms with van der Waals surface area (Å²) >= 11 is 0. The first-order valence-corrected chi connectivity index (χ1v) is 7.56. The molecule has 22 heavy (non-hydrogen) atoms. The van der Waals surface area contributed by atoms with Crippen LogP contribution in [0.25, 0.3) is 0 Å². The third-order valence-electron chi connectivity index (χ3n) is 3.94. The van der Waals surface area contributed by atoms with Crippen LogP contribution in [0.4, 0.5) is 11.6 Å². The van der Waals surface area contributed by atoms with Gasteiger partial charge >= 0.3 is 0 Å². The van der Waals surface area contributed by atoms with Gasteiger partial charge in [-0.25, -0.2) is 9.97 Å². The van der Waals surface area contributed by atoms with Crippen molar-refractivity contribution >= 4 is 11.6 Å². The van der Waals surface area contributed by atoms with E-state index in [4.69, 9.17) is 5.26 Å². The first-order chi connectivity index (χ1) is 10.7. The molecule has 1 aliphatic heterocycles. The molecule has 1 saturated heterocycles. The summed E-state index contributed by atoms with van der Waals surface area (Å²) in [5.74, 6) is 1.90. The van der Waals surface area contributed by atoms with Crippen molar-refractivity contribution in [3.8, 4) is 6.07 Å². The van der Waals surface area contributed by atoms with E-state index in [0.29, 0.717) is 11.6 Å². The van der Waals surface area contributed by atoms with Gasteiger partial charge in [0.05, 0.1) is 5.56 Å². The number of hydrogen-bond donors (Lipinski definition) is 1. The molecule has 5 heteroatoms. The van der Waals surface area contributed by atoms with Crippen molar-refractivity contribution in [2.75, 3.05) is 23.3 Å². The average molecular weight is 293 g/mol. The molecule has 0 unspecified atom stereocenters. The topological polar surface area (TPSA) is 64.8 Å². The third-order valence-corrected chi connectivity index (χ3v) is 3.94. The van der Waals surface area contributed by atoms with E-state index in [-0.39, 0.29) is 0 Å². The summed E-state index contributed by atoms with van der Waals surface area (Å²) in [7, 11) is 0. The van der Waals surface area contributed by atoms with E-state index in [0.717, 1.165) is 43.3 Å². The molecule has 2 aromatic heterocycles. The summed E-state index contributed by atoms with van der Waals surface area (Å²) in [5, 5.41) is 12.3. The smallest absolute Gasteiger partial charge is 0.128 e. The second-order valence-corrected chi connectivity index (χ2v) is 5.59. The minimum Gasteiger partial charge on any atom is -0.367 e. The van der Waals surface area contributed by atoms with Crippen molar-refractivity contribution < 1.29 is 0 Å². The highest BCUT2D eigenvalue weighted by Gasteiger charge is 2.20. The highest BCUT2D eigenvalue weighted by molar-refractivity contribution is 5.43. The summed E-state index contributed by atoms with van der Waals surface area (Å²) in [6.45, 7) is 3.93. The average Bonchev–Trinajstić information content (AvgIpc) is 2.56. The standard InChI is InChI=1S/C17H19N5/c1-13-3-2-4-16(20-13)21-15-7-9-22(10-8-15)17-6-5-14(11-18)12-19-17/h2-6,12,15H,7-10H2,1H3,(H,20,21). The summed E-state index contributed by atoms with van der Waals surface area (Å²) in [6.07, 6.45) is 3.74. The largest absolute Gasteiger partial charge is 0.367 e. The van der Waals surface area contributed by atoms with Gasteiger partial charge in [0.25, 0.3) is 0 Å². The van der Waals surface area contributed by atoms with Crippen molar-refractivity contribution in [2.24, 2.45) is 0 Å². The number of aryl methyl sites for hydroxylation is 1. The molecule has 1 fully saturated rings. The summed E-state index contributed by atoms with van der Waals surface area (Å²) in [4.78, 5) is 11.1. The van der Waals surface area contributed by atoms with Crippen LogP contribution in [0.2, 0.25) is 0 Å². The van der Waals surface area contributed by atoms with E-state index in [1.807, 2.05) is 37.3 Å². The van der Waals surface area contributed by atoms with Gasteiger partial charge in [-0.1, -0.05) is 6.07 Å². The first kappa shape index (κ1) is 14.3. The molecule has 112 valence electrons. The van der Waals surface area contributed by atoms with E-state index in [1.54, 1.807) is 6.20 Å². The van der Waals surface area contributed by atoms with E-state index >= 15 is 0 Å². The molecule has 1 N–H and O–H groups in total. The van der Waals surface area contributed by atoms with E-state index in [9.17, 15) is 0 Å². The molecule has 0 amide bonds. The Balaban J connectivity index is 1.57. The van der Waals surface area contributed by atoms with Crippen LogP contribution in [-0.4, -0.2) is 29.1 Å². The normalized spacial score (nSPS) is 15.4. The molecule has 0 aromatic carbocycles. The Kier molecular flexibility index (Phi) is 4.19. The summed E-state index contributed by atoms with van der Waals surface area (Å²) < 4.78 is 0. The van der Waals surface area contributed by atoms with Gasteiger partial charge in [0.1, 0.15) is 17.7 Å². The predicted octanol–water partition coefficient (Wildman–Crippen LogP) is 2.74. The lowest BCUT2D eigenvalue weighted by atomic mass is 10.0. The van der Waals surface area contributed by atoms with Crippen LogP contribution >= 0.6 is 0 Å². The molecule has 3 heterocycles. The van der Waals surface area contributed by atoms with Gasteiger partial charge in [-0.05, 0) is 44.0 Å². The lowest BCUT2D eigenvalue weighted by molar-refractivity contribution is 0.522. The van der Waals surface area contributed by atoms with Gasteiger partial charge in [-0.15, -0.1) is 0 Å². The zero-order valence-corrected chi connectivity index (χ0v) is 12.7. The number of nitriles is 1. The van der Waals surface area contributed by atoms with Crippen molar-refractivity contribution in [3.05, 3.63) is 47.8 Å². The minimum absolute atomic E-state index is 0.448. The molecule has 0 aliphatic carbocycles. The molecular weight excluding hydrogens is 274 g/mol. The van der Waals surface area contributed by atoms with Gasteiger partial charge in [-0.2, -0.15) is 5.26 Å². The van der Waals surface area contributed by atoms with Crippen molar-refractivity contribution in [1.29, 1.82) is 5.26 Å². The highest BCUT2D eigenvalue weighted by Crippen LogP contribution is 2.20. The van der Waals surface area contributed by atoms with E-state index in [1.165, 1.54) is 0 Å². The van der Waals surface area contributed by atoms with Gasteiger partial charge in [0.2, 0.25) is 0 Å². The Labute approximate surface area is 130 Å². The number of rotatable bonds is 3. The summed E-state index contributed by atoms with van der Waals surface area (Å²) in [5.41, 5.74) is 1.63. The number of anilines is 2. The molecular formula is C17H19N5. The van der Waals surface area contributed by atoms with Gasteiger partial charge in [0.15, 0.2) is 0 Å². The fraction of sp³-hybridized carbons (Fsp3) is 0.353. The van der Waals surface area contributed by atoms with E-state index in [2.05, 4.69) is 26.3 Å². The van der Waals surface area contributed by atoms with Gasteiger partial charge < -0.3 is 10.2 Å². The number of hydrogen-bond acceptors (Lipinski definition) is 5. The second-order valence-electron chi connectivity index (χ2n) is 5.59. The second kappa shape index (κ2) is 6.44. The van der Waals surface area contributed by atoms with Crippen molar-refractivity contribution in [3.63, 3.8) is 0 Å². The fourth-order valence-corrected chi connectivity index (χ4v) is 2.72. The van der Waals surface area contributed by atoms with Crippen LogP contribution in [0, 0.1) is 18.3 Å². The monoisotopic (exact) mass is 293 g/mol. The molecule has 0 spiro atoms. The lowest BCUT2D eigenvalue weighted by Gasteiger charge is -2.33. The zero-order chi connectivity index (χ0) is 15.4. The fourth-order valence-electron chi connectivity index (χ4n) is 2.72. The molecule has 1 aliphatic rings. The molecule has 0 atom stereocenters. The highest BCUT2D eigenvalue weighted by atomic mass is 15.2. The Hall–Kier alpha value is -2.61. The lowest BCUT2D eigenvalue weighted by Crippen LogP contribution is -2.39. The van der Waals surface area contributed by atoms with Crippen molar-refractivity contribution in [1.82, 2.24) is 9.97 Å². The van der Waals surface area contributed by atoms with Crippen LogP contribution in [0.1, 0.15) is 24.1 Å². The number of pyridine rings is 2. The maximum Gasteiger partial charge on any atom is 0.128 e. The Morgan fingerprint density at radius 1 is 1.23 bits per heavy atom. The van der Waals surface area contributed by atoms with Crippen LogP contribution < -0.4 is 10.2 Å². The van der Waals surface area contributed by atoms with Crippen molar-refractivity contribution in [2.45, 2.75) is 25.8 Å². The SMILES string of the molecule is Cc1cccc(NC2CCN(c3ccc(C#N)cn3)CC2)n1. The Bertz CT molecular complexity index is 666. The van der Waals surface area contributed by atoms with Crippen LogP contribution in [0.15, 0.2) is 36.5 Å². The van der Waals surface area contributed by atoms with Gasteiger partial charge in [0, 0.05) is 31.0 Å². The third kappa shape index (κ3) is 3.34. The van der Waals surface area contributed by atoms with Crippen LogP contribution in [0.5, 0.6) is 0 Å². The predicted molar refractivity (Wildman–Crippen MR) is 86.8 cm³/mol. The Morgan fingerprint density at radius 3 is 2.68 bits per heavy atom. The minimum atomic E-state index is 0.448. The van der Waals surface area contributed by atoms with Gasteiger partial charge in [-0.3, -0.25) is 0 Å². The Morgan fingerprint density at radius 2 is 2.05 bits per heavy atom. The number of aromatic nitrogens is 2. The molecule has 0 saturated carbocycles. The quantitative estimate of drug-likeness (QED) is 0.942. The summed E-state index contributed by atoms with van der Waals surface area (Å²) in [6, 6.07) is 12.3. The maximum atomic E-state index is 8.82. The number of piperidine rings is 1. The molecule has 3 rings (SSSR count). The molecule has 0 radical (unpaired) electrons. The first-order valence-electron chi connectivity index (χ1n) is 7.56. The van der Waals surface area contributed by atoms with E-state index < -0.39 is 0 Å². The number of nitrogens with one attached hydrogen (secondary N) is 1. The maximum absolute atomic E-state index is 8.82. The number of nitrogens with zero attached hydrogens (tertiary/aromatic N) is 4. The molecule has 2 aromatic rings. The molecule has 5 nitrogen and oxygen atoms in total. The molecule has 0 bridgehead atoms. The van der Waals surface area contributed by atoms with Crippen LogP contribution in [0.3, 0.4) is 0 Å². The van der Waals surface area contributed by atoms with Crippen LogP contribution in [-0.2, 0) is 0 Å². The zero-order valence-electron chi connectivity index (χ0n) is 12.7.